The van der Waals surface area contributed by atoms with Crippen LogP contribution in [0.15, 0.2) is 0 Å². The molecule has 1 amide bonds. The molecule has 1 aliphatic carbocycles. The number of halogens is 3. The number of rotatable bonds is 5. The Balaban J connectivity index is 0.000000370. The largest absolute Gasteiger partial charge is 0.490 e. The van der Waals surface area contributed by atoms with Crippen LogP contribution in [-0.4, -0.2) is 78.4 Å². The van der Waals surface area contributed by atoms with E-state index in [4.69, 9.17) is 14.6 Å². The van der Waals surface area contributed by atoms with Crippen molar-refractivity contribution in [2.24, 2.45) is 17.3 Å². The number of alkyl halides is 3. The Hall–Kier alpha value is -1.35. The Kier molecular flexibility index (Phi) is 7.95. The van der Waals surface area contributed by atoms with E-state index in [1.54, 1.807) is 6.92 Å². The molecule has 1 N–H and O–H groups in total. The maximum atomic E-state index is 11.9. The van der Waals surface area contributed by atoms with E-state index in [1.165, 1.54) is 38.8 Å². The van der Waals surface area contributed by atoms with Crippen LogP contribution < -0.4 is 0 Å². The highest BCUT2D eigenvalue weighted by Crippen LogP contribution is 2.45. The molecule has 3 rings (SSSR count). The average molecular weight is 422 g/mol. The molecule has 0 bridgehead atoms. The molecule has 0 aromatic rings. The van der Waals surface area contributed by atoms with Gasteiger partial charge >= 0.3 is 12.1 Å². The second-order valence-corrected chi connectivity index (χ2v) is 8.87. The number of hydrogen-bond acceptors (Lipinski definition) is 4. The normalized spacial score (nSPS) is 24.5. The molecule has 1 spiro atoms. The van der Waals surface area contributed by atoms with E-state index < -0.39 is 12.1 Å². The summed E-state index contributed by atoms with van der Waals surface area (Å²) in [5.74, 6) is -1.17. The number of ether oxygens (including phenoxy) is 1. The van der Waals surface area contributed by atoms with E-state index in [2.05, 4.69) is 23.6 Å². The summed E-state index contributed by atoms with van der Waals surface area (Å²) in [7, 11) is 0. The van der Waals surface area contributed by atoms with Crippen LogP contribution in [0.1, 0.15) is 46.5 Å². The predicted molar refractivity (Wildman–Crippen MR) is 101 cm³/mol. The summed E-state index contributed by atoms with van der Waals surface area (Å²) in [5.41, 5.74) is 0.306. The minimum atomic E-state index is -5.08. The van der Waals surface area contributed by atoms with Crippen molar-refractivity contribution in [3.63, 3.8) is 0 Å². The summed E-state index contributed by atoms with van der Waals surface area (Å²) in [6.07, 6.45) is 0.0380. The Morgan fingerprint density at radius 1 is 1.17 bits per heavy atom. The fourth-order valence-electron chi connectivity index (χ4n) is 4.22. The summed E-state index contributed by atoms with van der Waals surface area (Å²) < 4.78 is 37.8. The van der Waals surface area contributed by atoms with E-state index in [0.717, 1.165) is 32.2 Å². The van der Waals surface area contributed by atoms with Crippen LogP contribution in [0.4, 0.5) is 13.2 Å². The van der Waals surface area contributed by atoms with Crippen LogP contribution in [-0.2, 0) is 14.3 Å². The molecule has 0 aromatic heterocycles. The van der Waals surface area contributed by atoms with Gasteiger partial charge in [-0.25, -0.2) is 4.79 Å². The second kappa shape index (κ2) is 9.64. The first-order chi connectivity index (χ1) is 13.4. The molecule has 2 heterocycles. The molecular weight excluding hydrogens is 389 g/mol. The minimum absolute atomic E-state index is 0.232. The van der Waals surface area contributed by atoms with Crippen molar-refractivity contribution in [1.82, 2.24) is 9.80 Å². The number of piperidine rings is 1. The average Bonchev–Trinajstić information content (AvgIpc) is 3.38. The third-order valence-electron chi connectivity index (χ3n) is 6.39. The fraction of sp³-hybridized carbons (Fsp3) is 0.900. The Morgan fingerprint density at radius 3 is 2.14 bits per heavy atom. The smallest absolute Gasteiger partial charge is 0.475 e. The van der Waals surface area contributed by atoms with Gasteiger partial charge in [-0.05, 0) is 64.0 Å². The van der Waals surface area contributed by atoms with Crippen molar-refractivity contribution in [2.45, 2.75) is 58.7 Å². The lowest BCUT2D eigenvalue weighted by atomic mass is 9.71. The predicted octanol–water partition coefficient (Wildman–Crippen LogP) is 3.02. The Morgan fingerprint density at radius 2 is 1.72 bits per heavy atom. The number of hydrogen-bond donors (Lipinski definition) is 1. The lowest BCUT2D eigenvalue weighted by Crippen LogP contribution is -2.47. The fourth-order valence-corrected chi connectivity index (χ4v) is 4.22. The van der Waals surface area contributed by atoms with E-state index in [0.29, 0.717) is 17.4 Å². The monoisotopic (exact) mass is 422 g/mol. The van der Waals surface area contributed by atoms with Crippen LogP contribution in [0.5, 0.6) is 0 Å². The van der Waals surface area contributed by atoms with Crippen LogP contribution in [0, 0.1) is 17.3 Å². The number of carboxylic acid groups (broad SMARTS) is 1. The van der Waals surface area contributed by atoms with Crippen LogP contribution >= 0.6 is 0 Å². The number of carboxylic acids is 1. The van der Waals surface area contributed by atoms with Crippen molar-refractivity contribution in [1.29, 1.82) is 0 Å². The van der Waals surface area contributed by atoms with Crippen molar-refractivity contribution in [3.8, 4) is 0 Å². The van der Waals surface area contributed by atoms with Crippen LogP contribution in [0.2, 0.25) is 0 Å². The zero-order chi connectivity index (χ0) is 21.8. The highest BCUT2D eigenvalue weighted by atomic mass is 19.4. The lowest BCUT2D eigenvalue weighted by molar-refractivity contribution is -0.192. The van der Waals surface area contributed by atoms with Crippen molar-refractivity contribution >= 4 is 11.9 Å². The third kappa shape index (κ3) is 6.84. The Bertz CT molecular complexity index is 571. The molecule has 0 radical (unpaired) electrons. The summed E-state index contributed by atoms with van der Waals surface area (Å²) in [6.45, 7) is 12.3. The van der Waals surface area contributed by atoms with Gasteiger partial charge < -0.3 is 19.6 Å². The molecule has 6 nitrogen and oxygen atoms in total. The summed E-state index contributed by atoms with van der Waals surface area (Å²) in [4.78, 5) is 25.4. The maximum absolute atomic E-state index is 11.9. The molecule has 29 heavy (non-hydrogen) atoms. The number of carbonyl (C=O) groups excluding carboxylic acids is 1. The van der Waals surface area contributed by atoms with Gasteiger partial charge in [-0.1, -0.05) is 0 Å². The van der Waals surface area contributed by atoms with E-state index in [9.17, 15) is 18.0 Å². The lowest BCUT2D eigenvalue weighted by Gasteiger charge is -2.43. The highest BCUT2D eigenvalue weighted by molar-refractivity contribution is 5.73. The molecule has 2 aliphatic heterocycles. The molecule has 1 saturated carbocycles. The van der Waals surface area contributed by atoms with E-state index in [-0.39, 0.29) is 5.91 Å². The molecule has 9 heteroatoms. The van der Waals surface area contributed by atoms with Gasteiger partial charge in [-0.15, -0.1) is 0 Å². The number of amides is 1. The maximum Gasteiger partial charge on any atom is 0.490 e. The minimum Gasteiger partial charge on any atom is -0.475 e. The summed E-state index contributed by atoms with van der Waals surface area (Å²) in [6, 6.07) is 0.632. The van der Waals surface area contributed by atoms with Gasteiger partial charge in [0, 0.05) is 38.6 Å². The van der Waals surface area contributed by atoms with Crippen molar-refractivity contribution in [2.75, 3.05) is 39.4 Å². The second-order valence-electron chi connectivity index (χ2n) is 8.87. The summed E-state index contributed by atoms with van der Waals surface area (Å²) in [5, 5.41) is 7.12. The zero-order valence-corrected chi connectivity index (χ0v) is 17.5. The van der Waals surface area contributed by atoms with Crippen LogP contribution in [0.25, 0.3) is 0 Å². The third-order valence-corrected chi connectivity index (χ3v) is 6.39. The molecule has 1 atom stereocenters. The molecule has 3 aliphatic rings. The van der Waals surface area contributed by atoms with E-state index in [1.807, 2.05) is 0 Å². The molecular formula is C20H33F3N2O4. The zero-order valence-electron chi connectivity index (χ0n) is 17.5. The first kappa shape index (κ1) is 23.9. The van der Waals surface area contributed by atoms with E-state index >= 15 is 0 Å². The van der Waals surface area contributed by atoms with Gasteiger partial charge in [0.05, 0.1) is 6.61 Å². The molecule has 0 aromatic carbocycles. The topological polar surface area (TPSA) is 70.1 Å². The number of nitrogens with zero attached hydrogens (tertiary/aromatic N) is 2. The van der Waals surface area contributed by atoms with Gasteiger partial charge in [0.15, 0.2) is 0 Å². The van der Waals surface area contributed by atoms with Gasteiger partial charge in [0.1, 0.15) is 0 Å². The summed E-state index contributed by atoms with van der Waals surface area (Å²) >= 11 is 0. The Labute approximate surface area is 170 Å². The molecule has 168 valence electrons. The SMILES string of the molecule is CC(=O)N1CC(COCC2CC2)C2(CCN(C(C)C)CC2)C1.O=C(O)C(F)(F)F. The van der Waals surface area contributed by atoms with Gasteiger partial charge in [0.2, 0.25) is 5.91 Å². The van der Waals surface area contributed by atoms with Gasteiger partial charge in [0.25, 0.3) is 0 Å². The number of aliphatic carboxylic acids is 1. The first-order valence-corrected chi connectivity index (χ1v) is 10.3. The highest BCUT2D eigenvalue weighted by Gasteiger charge is 2.49. The van der Waals surface area contributed by atoms with Crippen molar-refractivity contribution < 1.29 is 32.6 Å². The van der Waals surface area contributed by atoms with Crippen molar-refractivity contribution in [3.05, 3.63) is 0 Å². The molecule has 1 unspecified atom stereocenters. The van der Waals surface area contributed by atoms with Crippen LogP contribution in [0.3, 0.4) is 0 Å². The number of carbonyl (C=O) groups is 2. The van der Waals surface area contributed by atoms with Gasteiger partial charge in [-0.2, -0.15) is 13.2 Å². The number of likely N-dealkylation sites (tertiary alicyclic amines) is 2. The molecule has 3 fully saturated rings. The molecule has 2 saturated heterocycles. The first-order valence-electron chi connectivity index (χ1n) is 10.3. The quantitative estimate of drug-likeness (QED) is 0.738. The standard InChI is InChI=1S/C18H32N2O2.C2HF3O2/c1-14(2)19-8-6-18(7-9-19)13-20(15(3)21)10-17(18)12-22-11-16-4-5-16;3-2(4,5)1(6)7/h14,16-17H,4-13H2,1-3H3;(H,6,7). The van der Waals surface area contributed by atoms with Gasteiger partial charge in [-0.3, -0.25) is 4.79 Å².